The van der Waals surface area contributed by atoms with Crippen LogP contribution in [0.4, 0.5) is 0 Å². The molecule has 0 aromatic carbocycles. The minimum Gasteiger partial charge on any atom is -1.00 e. The molecule has 0 aromatic heterocycles. The first-order valence-electron chi connectivity index (χ1n) is 7.27. The maximum absolute atomic E-state index is 2.49. The van der Waals surface area contributed by atoms with Crippen molar-refractivity contribution in [1.29, 1.82) is 0 Å². The topological polar surface area (TPSA) is 0 Å². The van der Waals surface area contributed by atoms with Gasteiger partial charge in [-0.1, -0.05) is 0 Å². The zero-order chi connectivity index (χ0) is 14.3. The first-order chi connectivity index (χ1) is 8.69. The predicted molar refractivity (Wildman–Crippen MR) is 90.5 cm³/mol. The van der Waals surface area contributed by atoms with Crippen molar-refractivity contribution in [2.45, 2.75) is 52.1 Å². The molecule has 2 aliphatic rings. The Morgan fingerprint density at radius 3 is 1.47 bits per heavy atom. The number of hydrogen-bond donors (Lipinski definition) is 0. The monoisotopic (exact) mass is 324 g/mol. The Morgan fingerprint density at radius 2 is 1.16 bits per heavy atom. The molecule has 0 spiro atoms. The fraction of sp³-hybridized carbons (Fsp3) is 0.500. The molecule has 0 aromatic rings. The van der Waals surface area contributed by atoms with Gasteiger partial charge in [-0.05, 0) is 0 Å². The number of rotatable bonds is 4. The number of hydrogen-bond acceptors (Lipinski definition) is 0. The van der Waals surface area contributed by atoms with Crippen LogP contribution in [0.1, 0.15) is 15.7 Å². The predicted octanol–water partition coefficient (Wildman–Crippen LogP) is 5.48. The van der Waals surface area contributed by atoms with Gasteiger partial charge in [0.05, 0.1) is 0 Å². The van der Waals surface area contributed by atoms with Gasteiger partial charge in [-0.2, -0.15) is 0 Å². The van der Waals surface area contributed by atoms with Crippen LogP contribution in [0.3, 0.4) is 0 Å². The van der Waals surface area contributed by atoms with Gasteiger partial charge in [0.15, 0.2) is 0 Å². The van der Waals surface area contributed by atoms with E-state index in [9.17, 15) is 0 Å². The summed E-state index contributed by atoms with van der Waals surface area (Å²) in [6, 6.07) is 0. The molecule has 2 rings (SSSR count). The Hall–Kier alpha value is 0.108. The summed E-state index contributed by atoms with van der Waals surface area (Å²) in [4.78, 5) is 0. The second kappa shape index (κ2) is 5.48. The van der Waals surface area contributed by atoms with Gasteiger partial charge in [0.1, 0.15) is 0 Å². The smallest absolute Gasteiger partial charge is 1.00 e. The van der Waals surface area contributed by atoms with E-state index in [1.165, 1.54) is 12.8 Å². The van der Waals surface area contributed by atoms with E-state index >= 15 is 0 Å². The molecule has 19 heavy (non-hydrogen) atoms. The van der Waals surface area contributed by atoms with Crippen LogP contribution in [0.5, 0.6) is 0 Å². The summed E-state index contributed by atoms with van der Waals surface area (Å²) in [5.74, 6) is 0. The van der Waals surface area contributed by atoms with Crippen molar-refractivity contribution >= 4 is 16.1 Å². The average molecular weight is 324 g/mol. The minimum atomic E-state index is -1.13. The molecule has 0 N–H and O–H groups in total. The Bertz CT molecular complexity index is 457. The second-order valence-electron chi connectivity index (χ2n) is 7.62. The van der Waals surface area contributed by atoms with Crippen LogP contribution in [0.15, 0.2) is 42.5 Å². The molecule has 0 heterocycles. The van der Waals surface area contributed by atoms with Crippen LogP contribution < -0.4 is 0 Å². The Morgan fingerprint density at radius 1 is 0.789 bits per heavy atom. The van der Waals surface area contributed by atoms with Crippen LogP contribution in [0.2, 0.25) is 39.3 Å². The Labute approximate surface area is 132 Å². The summed E-state index contributed by atoms with van der Waals surface area (Å²) in [7, 11) is -2.27. The third-order valence-electron chi connectivity index (χ3n) is 3.78. The molecule has 0 nitrogen and oxygen atoms in total. The van der Waals surface area contributed by atoms with Crippen molar-refractivity contribution in [2.75, 3.05) is 0 Å². The summed E-state index contributed by atoms with van der Waals surface area (Å²) >= 11 is -0.0444. The standard InChI is InChI=1S/2C8H13Si.Ti.2H/c2*1-9(2,3)8-6-4-5-7-8;;;/h2*4,6H,5H2,1-3H3;;;/q;;;2*-1. The van der Waals surface area contributed by atoms with Crippen molar-refractivity contribution in [3.63, 3.8) is 0 Å². The molecule has 106 valence electrons. The maximum atomic E-state index is 2.49. The van der Waals surface area contributed by atoms with Crippen LogP contribution in [0, 0.1) is 0 Å². The fourth-order valence-electron chi connectivity index (χ4n) is 2.83. The van der Waals surface area contributed by atoms with Crippen LogP contribution >= 0.6 is 0 Å². The Kier molecular flexibility index (Phi) is 4.47. The van der Waals surface area contributed by atoms with Crippen molar-refractivity contribution in [1.82, 2.24) is 0 Å². The summed E-state index contributed by atoms with van der Waals surface area (Å²) in [6.07, 6.45) is 12.2. The Balaban J connectivity index is 0.00000200. The molecule has 0 bridgehead atoms. The van der Waals surface area contributed by atoms with Gasteiger partial charge >= 0.3 is 130 Å². The molecule has 0 amide bonds. The van der Waals surface area contributed by atoms with Gasteiger partial charge in [0.2, 0.25) is 0 Å². The van der Waals surface area contributed by atoms with Gasteiger partial charge in [-0.25, -0.2) is 0 Å². The van der Waals surface area contributed by atoms with Gasteiger partial charge in [0.25, 0.3) is 0 Å². The maximum Gasteiger partial charge on any atom is -1.00 e. The minimum absolute atomic E-state index is 0. The normalized spacial score (nSPS) is 19.9. The molecular formula is C16H28Si2Ti-2. The van der Waals surface area contributed by atoms with E-state index in [1.807, 2.05) is 7.76 Å². The molecule has 0 saturated carbocycles. The van der Waals surface area contributed by atoms with E-state index < -0.39 is 16.1 Å². The third-order valence-corrected chi connectivity index (χ3v) is 11.2. The van der Waals surface area contributed by atoms with Crippen molar-refractivity contribution in [2.24, 2.45) is 0 Å². The van der Waals surface area contributed by atoms with E-state index in [1.54, 1.807) is 10.4 Å². The largest absolute Gasteiger partial charge is 1.00 e. The molecule has 0 fully saturated rings. The summed E-state index contributed by atoms with van der Waals surface area (Å²) < 4.78 is 3.68. The van der Waals surface area contributed by atoms with E-state index in [0.717, 1.165) is 0 Å². The van der Waals surface area contributed by atoms with Crippen LogP contribution in [-0.2, 0) is 19.2 Å². The molecule has 0 saturated heterocycles. The molecule has 0 aliphatic heterocycles. The van der Waals surface area contributed by atoms with Gasteiger partial charge in [0, 0.05) is 0 Å². The summed E-state index contributed by atoms with van der Waals surface area (Å²) in [5, 5.41) is 3.53. The van der Waals surface area contributed by atoms with Gasteiger partial charge in [-0.15, -0.1) is 0 Å². The van der Waals surface area contributed by atoms with Crippen molar-refractivity contribution in [3.8, 4) is 0 Å². The van der Waals surface area contributed by atoms with Crippen molar-refractivity contribution < 1.29 is 22.0 Å². The first kappa shape index (κ1) is 15.5. The first-order valence-corrected chi connectivity index (χ1v) is 15.8. The van der Waals surface area contributed by atoms with E-state index in [2.05, 4.69) is 63.6 Å². The zero-order valence-corrected chi connectivity index (χ0v) is 16.8. The van der Waals surface area contributed by atoms with Crippen LogP contribution in [0.25, 0.3) is 0 Å². The molecule has 0 unspecified atom stereocenters. The van der Waals surface area contributed by atoms with E-state index in [4.69, 9.17) is 0 Å². The van der Waals surface area contributed by atoms with Crippen molar-refractivity contribution in [3.05, 3.63) is 42.5 Å². The SMILES string of the molecule is C[Si](C)(C)C1=[C]([Ti][C]2=C([Si](C)(C)C)C=CC2)CC=C1.[H-].[H-]. The van der Waals surface area contributed by atoms with E-state index in [0.29, 0.717) is 0 Å². The summed E-state index contributed by atoms with van der Waals surface area (Å²) in [6.45, 7) is 14.9. The average Bonchev–Trinajstić information content (AvgIpc) is 2.83. The molecule has 0 radical (unpaired) electrons. The molecule has 0 atom stereocenters. The zero-order valence-electron chi connectivity index (χ0n) is 15.2. The number of allylic oxidation sites excluding steroid dienone is 8. The van der Waals surface area contributed by atoms with Gasteiger partial charge in [-0.3, -0.25) is 0 Å². The third kappa shape index (κ3) is 3.60. The summed E-state index contributed by atoms with van der Waals surface area (Å²) in [5.41, 5.74) is 0. The molecular weight excluding hydrogens is 296 g/mol. The van der Waals surface area contributed by atoms with Gasteiger partial charge < -0.3 is 2.85 Å². The molecule has 3 heteroatoms. The van der Waals surface area contributed by atoms with Crippen LogP contribution in [-0.4, -0.2) is 16.1 Å². The molecule has 2 aliphatic carbocycles. The second-order valence-corrected chi connectivity index (χ2v) is 20.0. The van der Waals surface area contributed by atoms with E-state index in [-0.39, 0.29) is 22.0 Å². The quantitative estimate of drug-likeness (QED) is 0.601. The fourth-order valence-corrected chi connectivity index (χ4v) is 12.1.